The normalized spacial score (nSPS) is 12.3. The smallest absolute Gasteiger partial charge is 0.226 e. The third kappa shape index (κ3) is 2.11. The molecule has 0 atom stereocenters. The van der Waals surface area contributed by atoms with Gasteiger partial charge in [0.05, 0.1) is 22.4 Å². The van der Waals surface area contributed by atoms with Crippen LogP contribution in [0.2, 0.25) is 0 Å². The van der Waals surface area contributed by atoms with Crippen LogP contribution in [0.1, 0.15) is 60.4 Å². The van der Waals surface area contributed by atoms with Gasteiger partial charge in [0.15, 0.2) is 0 Å². The second kappa shape index (κ2) is 5.39. The summed E-state index contributed by atoms with van der Waals surface area (Å²) < 4.78 is 0. The minimum absolute atomic E-state index is 0.209. The van der Waals surface area contributed by atoms with Crippen LogP contribution in [0.5, 0.6) is 0 Å². The molecule has 0 bridgehead atoms. The Labute approximate surface area is 139 Å². The molecule has 4 heteroatoms. The molecule has 2 aromatic heterocycles. The first-order valence-corrected chi connectivity index (χ1v) is 8.91. The van der Waals surface area contributed by atoms with Crippen molar-refractivity contribution in [3.8, 4) is 15.8 Å². The molecule has 0 aromatic carbocycles. The zero-order chi connectivity index (χ0) is 16.0. The molecule has 2 nitrogen and oxygen atoms in total. The van der Waals surface area contributed by atoms with Gasteiger partial charge in [0, 0.05) is 15.3 Å². The molecule has 2 heterocycles. The van der Waals surface area contributed by atoms with E-state index in [0.717, 1.165) is 16.7 Å². The Balaban J connectivity index is 2.33. The maximum Gasteiger partial charge on any atom is 0.270 e. The van der Waals surface area contributed by atoms with Crippen molar-refractivity contribution in [3.63, 3.8) is 0 Å². The second-order valence-corrected chi connectivity index (χ2v) is 8.21. The topological polar surface area (TPSA) is 28.1 Å². The molecular formula is C18H16N2S2. The third-order valence-electron chi connectivity index (χ3n) is 3.84. The van der Waals surface area contributed by atoms with Gasteiger partial charge in [0.1, 0.15) is 0 Å². The van der Waals surface area contributed by atoms with Crippen molar-refractivity contribution in [1.29, 1.82) is 5.26 Å². The fourth-order valence-corrected chi connectivity index (χ4v) is 5.13. The van der Waals surface area contributed by atoms with Crippen LogP contribution in [-0.2, 0) is 0 Å². The number of hydrogen-bond acceptors (Lipinski definition) is 3. The van der Waals surface area contributed by atoms with Crippen LogP contribution >= 0.6 is 22.7 Å². The SMILES string of the molecule is [C-]#[N+]C(C#N)=C1c2cc(C(C)C)sc2-c2sc(C(C)C)cc21. The van der Waals surface area contributed by atoms with Crippen LogP contribution in [0.25, 0.3) is 20.2 Å². The molecule has 110 valence electrons. The van der Waals surface area contributed by atoms with Gasteiger partial charge < -0.3 is 0 Å². The molecule has 3 rings (SSSR count). The van der Waals surface area contributed by atoms with Crippen molar-refractivity contribution in [2.24, 2.45) is 0 Å². The van der Waals surface area contributed by atoms with Crippen LogP contribution in [0.3, 0.4) is 0 Å². The van der Waals surface area contributed by atoms with Crippen LogP contribution in [-0.4, -0.2) is 0 Å². The van der Waals surface area contributed by atoms with E-state index in [2.05, 4.69) is 50.7 Å². The number of nitrogens with zero attached hydrogens (tertiary/aromatic N) is 2. The Hall–Kier alpha value is -1.88. The van der Waals surface area contributed by atoms with Gasteiger partial charge in [-0.1, -0.05) is 27.7 Å². The molecule has 0 aliphatic heterocycles. The molecule has 2 aromatic rings. The van der Waals surface area contributed by atoms with Gasteiger partial charge >= 0.3 is 0 Å². The molecule has 1 aliphatic rings. The van der Waals surface area contributed by atoms with Gasteiger partial charge in [0.25, 0.3) is 5.70 Å². The Morgan fingerprint density at radius 1 is 1.05 bits per heavy atom. The van der Waals surface area contributed by atoms with Gasteiger partial charge in [-0.2, -0.15) is 0 Å². The molecule has 0 saturated heterocycles. The van der Waals surface area contributed by atoms with E-state index in [1.807, 2.05) is 0 Å². The fourth-order valence-electron chi connectivity index (χ4n) is 2.63. The lowest BCUT2D eigenvalue weighted by molar-refractivity contribution is 0.889. The zero-order valence-electron chi connectivity index (χ0n) is 13.0. The molecule has 0 amide bonds. The predicted molar refractivity (Wildman–Crippen MR) is 94.0 cm³/mol. The number of rotatable bonds is 2. The molecular weight excluding hydrogens is 308 g/mol. The van der Waals surface area contributed by atoms with E-state index >= 15 is 0 Å². The van der Waals surface area contributed by atoms with Crippen molar-refractivity contribution in [2.75, 3.05) is 0 Å². The Bertz CT molecular complexity index is 794. The van der Waals surface area contributed by atoms with Crippen molar-refractivity contribution >= 4 is 28.2 Å². The van der Waals surface area contributed by atoms with E-state index in [4.69, 9.17) is 6.57 Å². The highest BCUT2D eigenvalue weighted by Crippen LogP contribution is 2.54. The lowest BCUT2D eigenvalue weighted by atomic mass is 10.0. The summed E-state index contributed by atoms with van der Waals surface area (Å²) in [7, 11) is 0. The highest BCUT2D eigenvalue weighted by atomic mass is 32.1. The standard InChI is InChI=1S/C18H16N2S2/c1-9(2)14-6-11-16(13(8-19)20-5)12-7-15(10(3)4)22-18(12)17(11)21-14/h6-7,9-10H,1-4H3. The van der Waals surface area contributed by atoms with Crippen LogP contribution in [0.4, 0.5) is 0 Å². The summed E-state index contributed by atoms with van der Waals surface area (Å²) in [6.45, 7) is 16.1. The van der Waals surface area contributed by atoms with E-state index in [0.29, 0.717) is 11.8 Å². The third-order valence-corrected chi connectivity index (χ3v) is 6.88. The highest BCUT2D eigenvalue weighted by Gasteiger charge is 2.32. The first-order chi connectivity index (χ1) is 10.5. The highest BCUT2D eigenvalue weighted by molar-refractivity contribution is 7.23. The quantitative estimate of drug-likeness (QED) is 0.405. The minimum atomic E-state index is 0.209. The first-order valence-electron chi connectivity index (χ1n) is 7.28. The molecule has 0 unspecified atom stereocenters. The maximum atomic E-state index is 9.35. The second-order valence-electron chi connectivity index (χ2n) is 6.04. The van der Waals surface area contributed by atoms with Crippen LogP contribution in [0.15, 0.2) is 17.8 Å². The Morgan fingerprint density at radius 3 is 1.82 bits per heavy atom. The number of nitriles is 1. The van der Waals surface area contributed by atoms with Gasteiger partial charge in [-0.3, -0.25) is 0 Å². The van der Waals surface area contributed by atoms with E-state index in [1.165, 1.54) is 19.5 Å². The molecule has 0 radical (unpaired) electrons. The average Bonchev–Trinajstić information content (AvgIpc) is 3.12. The maximum absolute atomic E-state index is 9.35. The Kier molecular flexibility index (Phi) is 3.68. The van der Waals surface area contributed by atoms with Crippen molar-refractivity contribution in [1.82, 2.24) is 0 Å². The monoisotopic (exact) mass is 324 g/mol. The summed E-state index contributed by atoms with van der Waals surface area (Å²) in [4.78, 5) is 8.58. The van der Waals surface area contributed by atoms with Gasteiger partial charge in [0.2, 0.25) is 0 Å². The van der Waals surface area contributed by atoms with E-state index in [-0.39, 0.29) is 5.70 Å². The molecule has 1 aliphatic carbocycles. The first kappa shape index (κ1) is 15.0. The Morgan fingerprint density at radius 2 is 1.50 bits per heavy atom. The summed E-state index contributed by atoms with van der Waals surface area (Å²) in [5, 5.41) is 9.35. The van der Waals surface area contributed by atoms with Crippen molar-refractivity contribution in [3.05, 3.63) is 50.1 Å². The summed E-state index contributed by atoms with van der Waals surface area (Å²) in [6.07, 6.45) is 0. The molecule has 0 saturated carbocycles. The average molecular weight is 324 g/mol. The molecule has 0 N–H and O–H groups in total. The number of thiophene rings is 2. The van der Waals surface area contributed by atoms with Crippen molar-refractivity contribution < 1.29 is 0 Å². The summed E-state index contributed by atoms with van der Waals surface area (Å²) in [5.74, 6) is 0.923. The van der Waals surface area contributed by atoms with E-state index in [9.17, 15) is 5.26 Å². The number of allylic oxidation sites excluding steroid dienone is 1. The van der Waals surface area contributed by atoms with Crippen LogP contribution < -0.4 is 0 Å². The zero-order valence-corrected chi connectivity index (χ0v) is 14.7. The fraction of sp³-hybridized carbons (Fsp3) is 0.333. The lowest BCUT2D eigenvalue weighted by Crippen LogP contribution is -1.86. The predicted octanol–water partition coefficient (Wildman–Crippen LogP) is 6.24. The lowest BCUT2D eigenvalue weighted by Gasteiger charge is -2.02. The van der Waals surface area contributed by atoms with E-state index in [1.54, 1.807) is 22.7 Å². The van der Waals surface area contributed by atoms with Gasteiger partial charge in [-0.25, -0.2) is 10.1 Å². The van der Waals surface area contributed by atoms with Crippen LogP contribution in [0, 0.1) is 17.9 Å². The summed E-state index contributed by atoms with van der Waals surface area (Å²) in [6, 6.07) is 6.43. The number of fused-ring (bicyclic) bond motifs is 3. The summed E-state index contributed by atoms with van der Waals surface area (Å²) in [5.41, 5.74) is 3.21. The largest absolute Gasteiger partial charge is 0.270 e. The molecule has 22 heavy (non-hydrogen) atoms. The number of hydrogen-bond donors (Lipinski definition) is 0. The molecule has 0 spiro atoms. The van der Waals surface area contributed by atoms with Gasteiger partial charge in [-0.05, 0) is 35.1 Å². The molecule has 0 fully saturated rings. The van der Waals surface area contributed by atoms with Gasteiger partial charge in [-0.15, -0.1) is 22.7 Å². The summed E-state index contributed by atoms with van der Waals surface area (Å²) >= 11 is 3.61. The minimum Gasteiger partial charge on any atom is -0.226 e. The van der Waals surface area contributed by atoms with Crippen molar-refractivity contribution in [2.45, 2.75) is 39.5 Å². The van der Waals surface area contributed by atoms with E-state index < -0.39 is 0 Å².